The summed E-state index contributed by atoms with van der Waals surface area (Å²) in [5.41, 5.74) is 0. The number of hydrogen-bond acceptors (Lipinski definition) is 3. The Morgan fingerprint density at radius 2 is 2.17 bits per heavy atom. The van der Waals surface area contributed by atoms with Crippen LogP contribution in [0.25, 0.3) is 4.85 Å². The van der Waals surface area contributed by atoms with E-state index in [0.29, 0.717) is 13.2 Å². The maximum atomic E-state index is 8.84. The number of unbranched alkanes of at least 4 members (excludes halogenated alkanes) is 1. The molecule has 0 saturated carbocycles. The van der Waals surface area contributed by atoms with E-state index >= 15 is 0 Å². The van der Waals surface area contributed by atoms with Crippen molar-refractivity contribution in [2.24, 2.45) is 0 Å². The second-order valence-corrected chi connectivity index (χ2v) is 2.50. The van der Waals surface area contributed by atoms with Gasteiger partial charge in [-0.2, -0.15) is 0 Å². The highest BCUT2D eigenvalue weighted by atomic mass is 16.5. The molecule has 1 unspecified atom stereocenters. The molecule has 0 aliphatic rings. The van der Waals surface area contributed by atoms with Crippen molar-refractivity contribution in [2.45, 2.75) is 18.9 Å². The number of hydrogen-bond donors (Lipinski definition) is 2. The van der Waals surface area contributed by atoms with Crippen molar-refractivity contribution in [3.63, 3.8) is 0 Å². The second-order valence-electron chi connectivity index (χ2n) is 2.50. The molecule has 0 radical (unpaired) electrons. The summed E-state index contributed by atoms with van der Waals surface area (Å²) in [6.07, 6.45) is 0.894. The van der Waals surface area contributed by atoms with Gasteiger partial charge in [-0.25, -0.2) is 6.57 Å². The standard InChI is InChI=1S/C8H15NO3/c1-9-4-2-3-5-12-7-8(11)6-10/h8,10-11H,2-7H2. The average Bonchev–Trinajstić information content (AvgIpc) is 2.10. The highest BCUT2D eigenvalue weighted by molar-refractivity contribution is 4.57. The van der Waals surface area contributed by atoms with Gasteiger partial charge in [0.15, 0.2) is 0 Å². The summed E-state index contributed by atoms with van der Waals surface area (Å²) in [7, 11) is 0. The monoisotopic (exact) mass is 173 g/mol. The summed E-state index contributed by atoms with van der Waals surface area (Å²) in [6.45, 7) is 7.49. The van der Waals surface area contributed by atoms with Crippen molar-refractivity contribution in [2.75, 3.05) is 26.4 Å². The average molecular weight is 173 g/mol. The van der Waals surface area contributed by atoms with Crippen LogP contribution >= 0.6 is 0 Å². The van der Waals surface area contributed by atoms with E-state index in [9.17, 15) is 0 Å². The minimum Gasteiger partial charge on any atom is -0.394 e. The largest absolute Gasteiger partial charge is 0.394 e. The van der Waals surface area contributed by atoms with Crippen LogP contribution in [0.15, 0.2) is 0 Å². The molecule has 4 heteroatoms. The Hall–Kier alpha value is -0.630. The molecule has 12 heavy (non-hydrogen) atoms. The zero-order chi connectivity index (χ0) is 9.23. The van der Waals surface area contributed by atoms with Crippen molar-refractivity contribution in [1.82, 2.24) is 0 Å². The minimum atomic E-state index is -0.772. The number of aliphatic hydroxyl groups excluding tert-OH is 2. The van der Waals surface area contributed by atoms with Gasteiger partial charge >= 0.3 is 0 Å². The molecule has 0 heterocycles. The molecule has 0 saturated heterocycles. The second kappa shape index (κ2) is 8.47. The molecule has 0 aromatic heterocycles. The summed E-state index contributed by atoms with van der Waals surface area (Å²) >= 11 is 0. The molecule has 2 N–H and O–H groups in total. The number of rotatable bonds is 7. The van der Waals surface area contributed by atoms with Crippen molar-refractivity contribution in [1.29, 1.82) is 0 Å². The molecule has 1 atom stereocenters. The summed E-state index contributed by atoms with van der Waals surface area (Å²) in [6, 6.07) is 0. The smallest absolute Gasteiger partial charge is 0.214 e. The Bertz CT molecular complexity index is 133. The Morgan fingerprint density at radius 1 is 1.42 bits per heavy atom. The van der Waals surface area contributed by atoms with Crippen molar-refractivity contribution < 1.29 is 14.9 Å². The van der Waals surface area contributed by atoms with Crippen LogP contribution in [-0.2, 0) is 4.74 Å². The fourth-order valence-electron chi connectivity index (χ4n) is 0.667. The topological polar surface area (TPSA) is 54.0 Å². The van der Waals surface area contributed by atoms with E-state index in [4.69, 9.17) is 21.5 Å². The van der Waals surface area contributed by atoms with Crippen LogP contribution in [0, 0.1) is 6.57 Å². The van der Waals surface area contributed by atoms with E-state index in [-0.39, 0.29) is 13.2 Å². The normalized spacial score (nSPS) is 12.4. The fraction of sp³-hybridized carbons (Fsp3) is 0.875. The van der Waals surface area contributed by atoms with Gasteiger partial charge in [0.05, 0.1) is 13.2 Å². The van der Waals surface area contributed by atoms with Crippen LogP contribution in [-0.4, -0.2) is 42.7 Å². The quantitative estimate of drug-likeness (QED) is 0.422. The molecule has 0 spiro atoms. The summed E-state index contributed by atoms with van der Waals surface area (Å²) < 4.78 is 5.02. The molecule has 0 bridgehead atoms. The molecule has 0 aromatic carbocycles. The molecule has 0 aromatic rings. The maximum absolute atomic E-state index is 8.84. The highest BCUT2D eigenvalue weighted by Crippen LogP contribution is 1.92. The van der Waals surface area contributed by atoms with Gasteiger partial charge in [0.25, 0.3) is 0 Å². The lowest BCUT2D eigenvalue weighted by Gasteiger charge is -2.06. The Kier molecular flexibility index (Phi) is 8.02. The maximum Gasteiger partial charge on any atom is 0.214 e. The van der Waals surface area contributed by atoms with E-state index in [2.05, 4.69) is 4.85 Å². The lowest BCUT2D eigenvalue weighted by Crippen LogP contribution is -2.19. The van der Waals surface area contributed by atoms with Gasteiger partial charge in [-0.3, -0.25) is 0 Å². The van der Waals surface area contributed by atoms with Gasteiger partial charge in [0.2, 0.25) is 6.54 Å². The van der Waals surface area contributed by atoms with Gasteiger partial charge in [0, 0.05) is 13.0 Å². The fourth-order valence-corrected chi connectivity index (χ4v) is 0.667. The molecule has 0 fully saturated rings. The molecule has 0 amide bonds. The Balaban J connectivity index is 2.96. The Labute approximate surface area is 72.6 Å². The first-order chi connectivity index (χ1) is 5.81. The molecular weight excluding hydrogens is 158 g/mol. The van der Waals surface area contributed by atoms with E-state index in [1.807, 2.05) is 0 Å². The van der Waals surface area contributed by atoms with E-state index in [1.54, 1.807) is 0 Å². The molecular formula is C8H15NO3. The minimum absolute atomic E-state index is 0.175. The summed E-state index contributed by atoms with van der Waals surface area (Å²) in [5, 5.41) is 17.2. The molecule has 70 valence electrons. The highest BCUT2D eigenvalue weighted by Gasteiger charge is 2.00. The van der Waals surface area contributed by atoms with Gasteiger partial charge in [-0.15, -0.1) is 0 Å². The van der Waals surface area contributed by atoms with Crippen LogP contribution < -0.4 is 0 Å². The SMILES string of the molecule is [C-]#[N+]CCCCOCC(O)CO. The van der Waals surface area contributed by atoms with Gasteiger partial charge in [-0.05, 0) is 6.42 Å². The van der Waals surface area contributed by atoms with E-state index < -0.39 is 6.10 Å². The van der Waals surface area contributed by atoms with Gasteiger partial charge in [0.1, 0.15) is 6.10 Å². The number of ether oxygens (including phenoxy) is 1. The van der Waals surface area contributed by atoms with Crippen LogP contribution in [0.1, 0.15) is 12.8 Å². The predicted octanol–water partition coefficient (Wildman–Crippen LogP) is 0.0557. The third kappa shape index (κ3) is 7.48. The van der Waals surface area contributed by atoms with E-state index in [0.717, 1.165) is 12.8 Å². The first-order valence-corrected chi connectivity index (χ1v) is 4.01. The third-order valence-corrected chi connectivity index (χ3v) is 1.33. The van der Waals surface area contributed by atoms with E-state index in [1.165, 1.54) is 0 Å². The summed E-state index contributed by atoms with van der Waals surface area (Å²) in [4.78, 5) is 3.19. The Morgan fingerprint density at radius 3 is 2.75 bits per heavy atom. The summed E-state index contributed by atoms with van der Waals surface area (Å²) in [5.74, 6) is 0. The lowest BCUT2D eigenvalue weighted by molar-refractivity contribution is 0.00555. The number of aliphatic hydroxyl groups is 2. The zero-order valence-corrected chi connectivity index (χ0v) is 7.07. The van der Waals surface area contributed by atoms with Crippen molar-refractivity contribution >= 4 is 0 Å². The van der Waals surface area contributed by atoms with Crippen molar-refractivity contribution in [3.8, 4) is 0 Å². The third-order valence-electron chi connectivity index (χ3n) is 1.33. The van der Waals surface area contributed by atoms with Crippen LogP contribution in [0.3, 0.4) is 0 Å². The number of nitrogens with zero attached hydrogens (tertiary/aromatic N) is 1. The molecule has 0 aliphatic carbocycles. The van der Waals surface area contributed by atoms with Crippen LogP contribution in [0.5, 0.6) is 0 Å². The molecule has 4 nitrogen and oxygen atoms in total. The first kappa shape index (κ1) is 11.4. The molecule has 0 rings (SSSR count). The van der Waals surface area contributed by atoms with Crippen molar-refractivity contribution in [3.05, 3.63) is 11.4 Å². The van der Waals surface area contributed by atoms with Gasteiger partial charge in [-0.1, -0.05) is 0 Å². The first-order valence-electron chi connectivity index (χ1n) is 4.01. The molecule has 0 aliphatic heterocycles. The van der Waals surface area contributed by atoms with Gasteiger partial charge < -0.3 is 19.8 Å². The predicted molar refractivity (Wildman–Crippen MR) is 44.6 cm³/mol. The van der Waals surface area contributed by atoms with Crippen LogP contribution in [0.2, 0.25) is 0 Å². The lowest BCUT2D eigenvalue weighted by atomic mass is 10.3. The zero-order valence-electron chi connectivity index (χ0n) is 7.07. The van der Waals surface area contributed by atoms with Crippen LogP contribution in [0.4, 0.5) is 0 Å².